The number of imide groups is 1. The number of carbonyl (C=O) groups is 4. The second-order valence-electron chi connectivity index (χ2n) is 7.36. The fourth-order valence-corrected chi connectivity index (χ4v) is 2.48. The van der Waals surface area contributed by atoms with Crippen LogP contribution in [0.2, 0.25) is 5.02 Å². The molecule has 0 aliphatic carbocycles. The lowest BCUT2D eigenvalue weighted by Crippen LogP contribution is -2.49. The molecule has 1 aromatic rings. The van der Waals surface area contributed by atoms with Gasteiger partial charge in [0.15, 0.2) is 6.10 Å². The average molecular weight is 426 g/mol. The summed E-state index contributed by atoms with van der Waals surface area (Å²) in [7, 11) is 0. The van der Waals surface area contributed by atoms with Crippen LogP contribution < -0.4 is 16.0 Å². The molecule has 3 N–H and O–H groups in total. The van der Waals surface area contributed by atoms with E-state index in [2.05, 4.69) is 16.0 Å². The highest BCUT2D eigenvalue weighted by Gasteiger charge is 2.28. The van der Waals surface area contributed by atoms with Gasteiger partial charge in [-0.1, -0.05) is 25.4 Å². The van der Waals surface area contributed by atoms with Crippen molar-refractivity contribution in [2.24, 2.45) is 5.92 Å². The summed E-state index contributed by atoms with van der Waals surface area (Å²) in [5, 5.41) is 7.72. The van der Waals surface area contributed by atoms with Crippen molar-refractivity contribution in [1.82, 2.24) is 16.0 Å². The first-order valence-electron chi connectivity index (χ1n) is 9.37. The zero-order valence-electron chi connectivity index (χ0n) is 17.2. The molecule has 9 heteroatoms. The van der Waals surface area contributed by atoms with E-state index < -0.39 is 36.0 Å². The molecule has 0 unspecified atom stereocenters. The van der Waals surface area contributed by atoms with Gasteiger partial charge in [-0.05, 0) is 57.4 Å². The molecule has 29 heavy (non-hydrogen) atoms. The number of hydrogen-bond donors (Lipinski definition) is 3. The first-order valence-corrected chi connectivity index (χ1v) is 9.75. The molecule has 2 atom stereocenters. The van der Waals surface area contributed by atoms with E-state index in [0.29, 0.717) is 17.0 Å². The Bertz CT molecular complexity index is 734. The minimum Gasteiger partial charge on any atom is -0.451 e. The number of amides is 4. The van der Waals surface area contributed by atoms with Crippen molar-refractivity contribution < 1.29 is 23.9 Å². The first-order chi connectivity index (χ1) is 13.5. The Kier molecular flexibility index (Phi) is 9.61. The van der Waals surface area contributed by atoms with Gasteiger partial charge in [-0.2, -0.15) is 0 Å². The van der Waals surface area contributed by atoms with Crippen LogP contribution in [-0.4, -0.2) is 42.0 Å². The molecule has 0 aliphatic rings. The Hall–Kier alpha value is -2.61. The molecule has 0 spiro atoms. The summed E-state index contributed by atoms with van der Waals surface area (Å²) < 4.78 is 5.17. The molecule has 4 amide bonds. The van der Waals surface area contributed by atoms with Crippen LogP contribution in [0.4, 0.5) is 4.79 Å². The van der Waals surface area contributed by atoms with E-state index in [-0.39, 0.29) is 12.0 Å². The van der Waals surface area contributed by atoms with Crippen LogP contribution in [0.15, 0.2) is 24.3 Å². The monoisotopic (exact) mass is 425 g/mol. The van der Waals surface area contributed by atoms with Gasteiger partial charge >= 0.3 is 12.0 Å². The number of hydrogen-bond acceptors (Lipinski definition) is 5. The third-order valence-corrected chi connectivity index (χ3v) is 3.97. The molecule has 160 valence electrons. The summed E-state index contributed by atoms with van der Waals surface area (Å²) in [5.74, 6) is -1.89. The van der Waals surface area contributed by atoms with Crippen LogP contribution in [0.25, 0.3) is 0 Å². The Morgan fingerprint density at radius 2 is 1.55 bits per heavy atom. The maximum atomic E-state index is 12.5. The van der Waals surface area contributed by atoms with Gasteiger partial charge in [0.2, 0.25) is 0 Å². The zero-order valence-corrected chi connectivity index (χ0v) is 18.0. The minimum absolute atomic E-state index is 0.0824. The molecule has 0 saturated carbocycles. The fourth-order valence-electron chi connectivity index (χ4n) is 2.35. The topological polar surface area (TPSA) is 114 Å². The molecule has 0 aliphatic heterocycles. The van der Waals surface area contributed by atoms with Crippen molar-refractivity contribution in [3.05, 3.63) is 34.9 Å². The molecule has 0 heterocycles. The molecule has 8 nitrogen and oxygen atoms in total. The van der Waals surface area contributed by atoms with Crippen LogP contribution >= 0.6 is 11.6 Å². The standard InChI is InChI=1S/C20H28ClN3O5/c1-11(2)10-16(23-18(26)14-6-8-15(21)9-7-14)19(27)29-13(5)17(25)24-20(28)22-12(3)4/h6-9,11-13,16H,10H2,1-5H3,(H,23,26)(H2,22,24,25,28)/t13-,16+/m0/s1. The SMILES string of the molecule is CC(C)C[C@@H](NC(=O)c1ccc(Cl)cc1)C(=O)O[C@@H](C)C(=O)NC(=O)NC(C)C. The normalized spacial score (nSPS) is 12.8. The van der Waals surface area contributed by atoms with E-state index in [9.17, 15) is 19.2 Å². The largest absolute Gasteiger partial charge is 0.451 e. The predicted octanol–water partition coefficient (Wildman–Crippen LogP) is 2.65. The van der Waals surface area contributed by atoms with E-state index in [4.69, 9.17) is 16.3 Å². The average Bonchev–Trinajstić information content (AvgIpc) is 2.60. The van der Waals surface area contributed by atoms with Crippen LogP contribution in [0, 0.1) is 5.92 Å². The predicted molar refractivity (Wildman–Crippen MR) is 110 cm³/mol. The maximum Gasteiger partial charge on any atom is 0.329 e. The second kappa shape index (κ2) is 11.4. The van der Waals surface area contributed by atoms with Crippen molar-refractivity contribution in [3.63, 3.8) is 0 Å². The summed E-state index contributed by atoms with van der Waals surface area (Å²) in [6.45, 7) is 8.62. The number of esters is 1. The Morgan fingerprint density at radius 1 is 0.966 bits per heavy atom. The van der Waals surface area contributed by atoms with Crippen molar-refractivity contribution in [1.29, 1.82) is 0 Å². The van der Waals surface area contributed by atoms with Crippen molar-refractivity contribution in [3.8, 4) is 0 Å². The quantitative estimate of drug-likeness (QED) is 0.554. The van der Waals surface area contributed by atoms with Crippen molar-refractivity contribution >= 4 is 35.4 Å². The molecular weight excluding hydrogens is 398 g/mol. The smallest absolute Gasteiger partial charge is 0.329 e. The summed E-state index contributed by atoms with van der Waals surface area (Å²) in [4.78, 5) is 48.6. The first kappa shape index (κ1) is 24.4. The summed E-state index contributed by atoms with van der Waals surface area (Å²) in [6.07, 6.45) is -0.886. The lowest BCUT2D eigenvalue weighted by molar-refractivity contribution is -0.156. The number of urea groups is 1. The third-order valence-electron chi connectivity index (χ3n) is 3.72. The van der Waals surface area contributed by atoms with Crippen molar-refractivity contribution in [2.75, 3.05) is 0 Å². The highest BCUT2D eigenvalue weighted by molar-refractivity contribution is 6.30. The van der Waals surface area contributed by atoms with E-state index in [1.807, 2.05) is 13.8 Å². The lowest BCUT2D eigenvalue weighted by atomic mass is 10.0. The molecule has 1 aromatic carbocycles. The molecule has 0 bridgehead atoms. The molecule has 0 aromatic heterocycles. The number of halogens is 1. The molecule has 0 fully saturated rings. The van der Waals surface area contributed by atoms with Crippen molar-refractivity contribution in [2.45, 2.75) is 59.2 Å². The number of benzene rings is 1. The molecule has 0 saturated heterocycles. The molecule has 1 rings (SSSR count). The van der Waals surface area contributed by atoms with Gasteiger partial charge in [-0.25, -0.2) is 9.59 Å². The second-order valence-corrected chi connectivity index (χ2v) is 7.80. The Balaban J connectivity index is 2.75. The Labute approximate surface area is 175 Å². The van der Waals surface area contributed by atoms with Gasteiger partial charge in [-0.15, -0.1) is 0 Å². The van der Waals surface area contributed by atoms with Gasteiger partial charge < -0.3 is 15.4 Å². The summed E-state index contributed by atoms with van der Waals surface area (Å²) in [6, 6.07) is 4.44. The van der Waals surface area contributed by atoms with E-state index in [1.54, 1.807) is 38.1 Å². The number of carbonyl (C=O) groups excluding carboxylic acids is 4. The molecular formula is C20H28ClN3O5. The summed E-state index contributed by atoms with van der Waals surface area (Å²) in [5.41, 5.74) is 0.340. The van der Waals surface area contributed by atoms with Crippen LogP contribution in [0.5, 0.6) is 0 Å². The lowest BCUT2D eigenvalue weighted by Gasteiger charge is -2.21. The number of rotatable bonds is 8. The van der Waals surface area contributed by atoms with Gasteiger partial charge in [0, 0.05) is 16.6 Å². The molecule has 0 radical (unpaired) electrons. The fraction of sp³-hybridized carbons (Fsp3) is 0.500. The van der Waals surface area contributed by atoms with Gasteiger partial charge in [-0.3, -0.25) is 14.9 Å². The van der Waals surface area contributed by atoms with E-state index in [0.717, 1.165) is 0 Å². The van der Waals surface area contributed by atoms with E-state index in [1.165, 1.54) is 6.92 Å². The van der Waals surface area contributed by atoms with E-state index >= 15 is 0 Å². The Morgan fingerprint density at radius 3 is 2.07 bits per heavy atom. The minimum atomic E-state index is -1.21. The van der Waals surface area contributed by atoms with Gasteiger partial charge in [0.05, 0.1) is 0 Å². The van der Waals surface area contributed by atoms with Crippen LogP contribution in [0.3, 0.4) is 0 Å². The van der Waals surface area contributed by atoms with Gasteiger partial charge in [0.1, 0.15) is 6.04 Å². The third kappa shape index (κ3) is 8.95. The number of ether oxygens (including phenoxy) is 1. The highest BCUT2D eigenvalue weighted by Crippen LogP contribution is 2.12. The summed E-state index contributed by atoms with van der Waals surface area (Å²) >= 11 is 5.82. The zero-order chi connectivity index (χ0) is 22.1. The van der Waals surface area contributed by atoms with Crippen LogP contribution in [0.1, 0.15) is 51.4 Å². The highest BCUT2D eigenvalue weighted by atomic mass is 35.5. The maximum absolute atomic E-state index is 12.5. The number of nitrogens with one attached hydrogen (secondary N) is 3. The van der Waals surface area contributed by atoms with Crippen LogP contribution in [-0.2, 0) is 14.3 Å². The van der Waals surface area contributed by atoms with Gasteiger partial charge in [0.25, 0.3) is 11.8 Å².